The highest BCUT2D eigenvalue weighted by atomic mass is 79.9. The third kappa shape index (κ3) is 2.00. The van der Waals surface area contributed by atoms with Crippen LogP contribution >= 0.6 is 27.3 Å². The second-order valence-electron chi connectivity index (χ2n) is 3.79. The molecule has 0 aliphatic carbocycles. The molecule has 0 atom stereocenters. The van der Waals surface area contributed by atoms with Crippen molar-refractivity contribution in [2.45, 2.75) is 0 Å². The predicted molar refractivity (Wildman–Crippen MR) is 74.4 cm³/mol. The fourth-order valence-corrected chi connectivity index (χ4v) is 3.03. The van der Waals surface area contributed by atoms with E-state index in [0.29, 0.717) is 16.1 Å². The molecule has 0 radical (unpaired) electrons. The van der Waals surface area contributed by atoms with E-state index in [1.165, 1.54) is 23.5 Å². The van der Waals surface area contributed by atoms with Crippen molar-refractivity contribution < 1.29 is 9.50 Å². The van der Waals surface area contributed by atoms with Gasteiger partial charge in [-0.3, -0.25) is 0 Å². The molecular formula is C13H7BrFNOS. The molecule has 0 aliphatic rings. The number of rotatable bonds is 1. The molecule has 1 N–H and O–H groups in total. The summed E-state index contributed by atoms with van der Waals surface area (Å²) in [6.45, 7) is 0. The molecule has 1 aromatic heterocycles. The van der Waals surface area contributed by atoms with E-state index in [1.807, 2.05) is 0 Å². The highest BCUT2D eigenvalue weighted by Gasteiger charge is 2.11. The Morgan fingerprint density at radius 1 is 1.17 bits per heavy atom. The van der Waals surface area contributed by atoms with Crippen molar-refractivity contribution in [3.8, 4) is 16.3 Å². The number of phenols is 1. The molecule has 0 saturated carbocycles. The molecule has 3 rings (SSSR count). The Hall–Kier alpha value is -1.46. The normalized spacial score (nSPS) is 11.0. The number of hydrogen-bond donors (Lipinski definition) is 1. The lowest BCUT2D eigenvalue weighted by molar-refractivity contribution is 0.477. The molecule has 90 valence electrons. The first-order valence-electron chi connectivity index (χ1n) is 5.18. The Labute approximate surface area is 115 Å². The van der Waals surface area contributed by atoms with E-state index < -0.39 is 0 Å². The summed E-state index contributed by atoms with van der Waals surface area (Å²) in [6.07, 6.45) is 0. The van der Waals surface area contributed by atoms with E-state index in [2.05, 4.69) is 20.9 Å². The first kappa shape index (κ1) is 11.6. The zero-order chi connectivity index (χ0) is 12.7. The summed E-state index contributed by atoms with van der Waals surface area (Å²) < 4.78 is 14.9. The third-order valence-electron chi connectivity index (χ3n) is 2.54. The number of benzene rings is 2. The number of fused-ring (bicyclic) bond motifs is 1. The van der Waals surface area contributed by atoms with E-state index in [0.717, 1.165) is 9.17 Å². The number of phenolic OH excluding ortho intramolecular Hbond substituents is 1. The Kier molecular flexibility index (Phi) is 2.80. The Balaban J connectivity index is 2.22. The van der Waals surface area contributed by atoms with Crippen LogP contribution in [0.1, 0.15) is 0 Å². The number of nitrogens with zero attached hydrogens (tertiary/aromatic N) is 1. The Bertz CT molecular complexity index is 741. The first-order chi connectivity index (χ1) is 8.63. The predicted octanol–water partition coefficient (Wildman–Crippen LogP) is 4.57. The average molecular weight is 324 g/mol. The number of halogens is 2. The van der Waals surface area contributed by atoms with Crippen LogP contribution in [0.4, 0.5) is 4.39 Å². The summed E-state index contributed by atoms with van der Waals surface area (Å²) in [6, 6.07) is 9.65. The molecule has 3 aromatic rings. The van der Waals surface area contributed by atoms with Gasteiger partial charge in [-0.2, -0.15) is 0 Å². The molecule has 18 heavy (non-hydrogen) atoms. The van der Waals surface area contributed by atoms with Gasteiger partial charge in [0, 0.05) is 10.5 Å². The molecule has 2 aromatic carbocycles. The molecule has 0 saturated heterocycles. The smallest absolute Gasteiger partial charge is 0.128 e. The van der Waals surface area contributed by atoms with Crippen LogP contribution in [0.3, 0.4) is 0 Å². The Morgan fingerprint density at radius 3 is 2.83 bits per heavy atom. The van der Waals surface area contributed by atoms with Gasteiger partial charge in [-0.05, 0) is 30.3 Å². The van der Waals surface area contributed by atoms with Gasteiger partial charge < -0.3 is 5.11 Å². The molecule has 0 bridgehead atoms. The van der Waals surface area contributed by atoms with Crippen LogP contribution in [0.5, 0.6) is 5.75 Å². The van der Waals surface area contributed by atoms with Crippen LogP contribution in [0.15, 0.2) is 40.9 Å². The molecule has 5 heteroatoms. The summed E-state index contributed by atoms with van der Waals surface area (Å²) in [5, 5.41) is 10.5. The van der Waals surface area contributed by atoms with Crippen molar-refractivity contribution in [3.63, 3.8) is 0 Å². The SMILES string of the molecule is Oc1ccc(Br)cc1-c1nc2cc(F)ccc2s1. The minimum absolute atomic E-state index is 0.165. The van der Waals surface area contributed by atoms with Crippen LogP contribution < -0.4 is 0 Å². The molecule has 0 unspecified atom stereocenters. The van der Waals surface area contributed by atoms with Gasteiger partial charge in [-0.15, -0.1) is 11.3 Å². The summed E-state index contributed by atoms with van der Waals surface area (Å²) >= 11 is 4.78. The molecular weight excluding hydrogens is 317 g/mol. The van der Waals surface area contributed by atoms with E-state index in [-0.39, 0.29) is 11.6 Å². The minimum Gasteiger partial charge on any atom is -0.507 e. The number of aromatic nitrogens is 1. The van der Waals surface area contributed by atoms with Crippen LogP contribution in [0.25, 0.3) is 20.8 Å². The van der Waals surface area contributed by atoms with Gasteiger partial charge in [0.15, 0.2) is 0 Å². The zero-order valence-corrected chi connectivity index (χ0v) is 11.4. The van der Waals surface area contributed by atoms with Crippen molar-refractivity contribution >= 4 is 37.5 Å². The van der Waals surface area contributed by atoms with Gasteiger partial charge in [-0.25, -0.2) is 9.37 Å². The van der Waals surface area contributed by atoms with Crippen LogP contribution in [0, 0.1) is 5.82 Å². The monoisotopic (exact) mass is 323 g/mol. The third-order valence-corrected chi connectivity index (χ3v) is 4.10. The van der Waals surface area contributed by atoms with Crippen molar-refractivity contribution in [3.05, 3.63) is 46.7 Å². The van der Waals surface area contributed by atoms with E-state index >= 15 is 0 Å². The zero-order valence-electron chi connectivity index (χ0n) is 9.02. The quantitative estimate of drug-likeness (QED) is 0.711. The summed E-state index contributed by atoms with van der Waals surface area (Å²) in [5.74, 6) is -0.143. The maximum absolute atomic E-state index is 13.1. The topological polar surface area (TPSA) is 33.1 Å². The number of aromatic hydroxyl groups is 1. The first-order valence-corrected chi connectivity index (χ1v) is 6.79. The van der Waals surface area contributed by atoms with Gasteiger partial charge >= 0.3 is 0 Å². The van der Waals surface area contributed by atoms with Crippen LogP contribution in [0.2, 0.25) is 0 Å². The lowest BCUT2D eigenvalue weighted by Gasteiger charge is -2.00. The van der Waals surface area contributed by atoms with E-state index in [9.17, 15) is 9.50 Å². The fraction of sp³-hybridized carbons (Fsp3) is 0. The van der Waals surface area contributed by atoms with Crippen molar-refractivity contribution in [1.29, 1.82) is 0 Å². The van der Waals surface area contributed by atoms with Crippen LogP contribution in [-0.4, -0.2) is 10.1 Å². The lowest BCUT2D eigenvalue weighted by Crippen LogP contribution is -1.78. The van der Waals surface area contributed by atoms with Gasteiger partial charge in [0.05, 0.1) is 15.8 Å². The summed E-state index contributed by atoms with van der Waals surface area (Å²) in [5.41, 5.74) is 1.25. The van der Waals surface area contributed by atoms with Crippen molar-refractivity contribution in [1.82, 2.24) is 4.98 Å². The standard InChI is InChI=1S/C13H7BrFNOS/c14-7-1-3-11(17)9(5-7)13-16-10-6-8(15)2-4-12(10)18-13/h1-6,17H. The maximum Gasteiger partial charge on any atom is 0.128 e. The van der Waals surface area contributed by atoms with Gasteiger partial charge in [0.1, 0.15) is 16.6 Å². The van der Waals surface area contributed by atoms with Crippen molar-refractivity contribution in [2.75, 3.05) is 0 Å². The number of hydrogen-bond acceptors (Lipinski definition) is 3. The minimum atomic E-state index is -0.308. The molecule has 0 amide bonds. The lowest BCUT2D eigenvalue weighted by atomic mass is 10.2. The van der Waals surface area contributed by atoms with Gasteiger partial charge in [-0.1, -0.05) is 15.9 Å². The maximum atomic E-state index is 13.1. The van der Waals surface area contributed by atoms with E-state index in [4.69, 9.17) is 0 Å². The second kappa shape index (κ2) is 4.33. The second-order valence-corrected chi connectivity index (χ2v) is 5.74. The number of thiazole rings is 1. The molecule has 1 heterocycles. The summed E-state index contributed by atoms with van der Waals surface area (Å²) in [7, 11) is 0. The van der Waals surface area contributed by atoms with Gasteiger partial charge in [0.25, 0.3) is 0 Å². The molecule has 0 fully saturated rings. The van der Waals surface area contributed by atoms with Gasteiger partial charge in [0.2, 0.25) is 0 Å². The van der Waals surface area contributed by atoms with Crippen molar-refractivity contribution in [2.24, 2.45) is 0 Å². The molecule has 0 spiro atoms. The molecule has 2 nitrogen and oxygen atoms in total. The average Bonchev–Trinajstić information content (AvgIpc) is 2.74. The largest absolute Gasteiger partial charge is 0.507 e. The highest BCUT2D eigenvalue weighted by molar-refractivity contribution is 9.10. The van der Waals surface area contributed by atoms with Crippen LogP contribution in [-0.2, 0) is 0 Å². The van der Waals surface area contributed by atoms with E-state index in [1.54, 1.807) is 24.3 Å². The molecule has 0 aliphatic heterocycles. The highest BCUT2D eigenvalue weighted by Crippen LogP contribution is 2.36. The summed E-state index contributed by atoms with van der Waals surface area (Å²) in [4.78, 5) is 4.34. The fourth-order valence-electron chi connectivity index (χ4n) is 1.70. The Morgan fingerprint density at radius 2 is 2.00 bits per heavy atom.